The van der Waals surface area contributed by atoms with Gasteiger partial charge in [0.2, 0.25) is 0 Å². The smallest absolute Gasteiger partial charge is 0.0147 e. The van der Waals surface area contributed by atoms with Crippen LogP contribution in [0.15, 0.2) is 42.5 Å². The molecule has 0 bridgehead atoms. The topological polar surface area (TPSA) is 0 Å². The predicted molar refractivity (Wildman–Crippen MR) is 89.2 cm³/mol. The summed E-state index contributed by atoms with van der Waals surface area (Å²) in [5, 5.41) is 0. The highest BCUT2D eigenvalue weighted by atomic mass is 14.2. The van der Waals surface area contributed by atoms with Crippen LogP contribution in [-0.2, 0) is 6.42 Å². The van der Waals surface area contributed by atoms with E-state index in [0.717, 1.165) is 6.42 Å². The molecule has 0 saturated carbocycles. The first kappa shape index (κ1) is 14.8. The maximum absolute atomic E-state index is 2.29. The van der Waals surface area contributed by atoms with E-state index in [1.165, 1.54) is 27.8 Å². The summed E-state index contributed by atoms with van der Waals surface area (Å²) in [5.41, 5.74) is 7.15. The Labute approximate surface area is 123 Å². The van der Waals surface area contributed by atoms with Gasteiger partial charge >= 0.3 is 0 Å². The third-order valence-electron chi connectivity index (χ3n) is 3.95. The van der Waals surface area contributed by atoms with Crippen molar-refractivity contribution < 1.29 is 0 Å². The van der Waals surface area contributed by atoms with Crippen molar-refractivity contribution in [3.05, 3.63) is 59.2 Å². The van der Waals surface area contributed by atoms with Crippen molar-refractivity contribution in [2.75, 3.05) is 0 Å². The van der Waals surface area contributed by atoms with Crippen LogP contribution in [0, 0.1) is 12.8 Å². The molecular formula is C20H26. The molecule has 0 aliphatic heterocycles. The summed E-state index contributed by atoms with van der Waals surface area (Å²) >= 11 is 0. The number of benzene rings is 2. The Balaban J connectivity index is 2.54. The van der Waals surface area contributed by atoms with Gasteiger partial charge in [-0.3, -0.25) is 0 Å². The summed E-state index contributed by atoms with van der Waals surface area (Å²) in [7, 11) is 0. The molecule has 0 aliphatic rings. The van der Waals surface area contributed by atoms with E-state index < -0.39 is 0 Å². The van der Waals surface area contributed by atoms with E-state index >= 15 is 0 Å². The molecule has 106 valence electrons. The monoisotopic (exact) mass is 266 g/mol. The van der Waals surface area contributed by atoms with Crippen LogP contribution in [0.4, 0.5) is 0 Å². The lowest BCUT2D eigenvalue weighted by molar-refractivity contribution is 0.645. The lowest BCUT2D eigenvalue weighted by Crippen LogP contribution is -2.00. The summed E-state index contributed by atoms with van der Waals surface area (Å²) in [6.07, 6.45) is 1.16. The van der Waals surface area contributed by atoms with Crippen LogP contribution in [-0.4, -0.2) is 0 Å². The minimum absolute atomic E-state index is 0.555. The highest BCUT2D eigenvalue weighted by Crippen LogP contribution is 2.32. The average molecular weight is 266 g/mol. The molecule has 2 rings (SSSR count). The second-order valence-corrected chi connectivity index (χ2v) is 6.43. The van der Waals surface area contributed by atoms with E-state index in [1.54, 1.807) is 0 Å². The molecule has 0 saturated heterocycles. The van der Waals surface area contributed by atoms with Gasteiger partial charge in [0, 0.05) is 0 Å². The van der Waals surface area contributed by atoms with Crippen molar-refractivity contribution in [2.45, 2.75) is 47.0 Å². The van der Waals surface area contributed by atoms with Crippen LogP contribution < -0.4 is 0 Å². The van der Waals surface area contributed by atoms with Crippen molar-refractivity contribution in [3.63, 3.8) is 0 Å². The van der Waals surface area contributed by atoms with Crippen LogP contribution in [0.1, 0.15) is 50.3 Å². The molecule has 20 heavy (non-hydrogen) atoms. The van der Waals surface area contributed by atoms with Crippen LogP contribution in [0.2, 0.25) is 0 Å². The fourth-order valence-electron chi connectivity index (χ4n) is 2.88. The maximum atomic E-state index is 2.29. The largest absolute Gasteiger partial charge is 0.0625 e. The summed E-state index contributed by atoms with van der Waals surface area (Å²) in [6.45, 7) is 11.4. The molecule has 0 nitrogen and oxygen atoms in total. The van der Waals surface area contributed by atoms with E-state index in [-0.39, 0.29) is 0 Å². The van der Waals surface area contributed by atoms with Gasteiger partial charge in [-0.2, -0.15) is 0 Å². The first-order valence-corrected chi connectivity index (χ1v) is 7.68. The summed E-state index contributed by atoms with van der Waals surface area (Å²) < 4.78 is 0. The van der Waals surface area contributed by atoms with Gasteiger partial charge in [0.05, 0.1) is 0 Å². The van der Waals surface area contributed by atoms with Crippen LogP contribution in [0.25, 0.3) is 11.1 Å². The third kappa shape index (κ3) is 3.12. The summed E-state index contributed by atoms with van der Waals surface area (Å²) in [4.78, 5) is 0. The Kier molecular flexibility index (Phi) is 4.65. The molecule has 0 amide bonds. The van der Waals surface area contributed by atoms with Crippen LogP contribution >= 0.6 is 0 Å². The predicted octanol–water partition coefficient (Wildman–Crippen LogP) is 5.98. The first-order chi connectivity index (χ1) is 9.50. The van der Waals surface area contributed by atoms with E-state index in [1.807, 2.05) is 0 Å². The number of rotatable bonds is 4. The standard InChI is InChI=1S/C20H26/c1-14(2)13-17-9-8-12-19(16(17)5)20-11-7-6-10-18(20)15(3)4/h6-12,14-15H,13H2,1-5H3. The van der Waals surface area contributed by atoms with Crippen LogP contribution in [0.3, 0.4) is 0 Å². The fourth-order valence-corrected chi connectivity index (χ4v) is 2.88. The van der Waals surface area contributed by atoms with Gasteiger partial charge in [-0.05, 0) is 53.0 Å². The van der Waals surface area contributed by atoms with Gasteiger partial charge in [-0.25, -0.2) is 0 Å². The van der Waals surface area contributed by atoms with Crippen LogP contribution in [0.5, 0.6) is 0 Å². The molecule has 0 atom stereocenters. The zero-order valence-corrected chi connectivity index (χ0v) is 13.4. The Bertz CT molecular complexity index is 576. The summed E-state index contributed by atoms with van der Waals surface area (Å²) in [5.74, 6) is 1.25. The second kappa shape index (κ2) is 6.26. The Hall–Kier alpha value is -1.56. The molecule has 2 aromatic carbocycles. The van der Waals surface area contributed by atoms with Gasteiger partial charge in [0.25, 0.3) is 0 Å². The van der Waals surface area contributed by atoms with Crippen molar-refractivity contribution >= 4 is 0 Å². The average Bonchev–Trinajstić information content (AvgIpc) is 2.40. The fraction of sp³-hybridized carbons (Fsp3) is 0.400. The van der Waals surface area contributed by atoms with Crippen molar-refractivity contribution in [1.82, 2.24) is 0 Å². The van der Waals surface area contributed by atoms with Gasteiger partial charge in [-0.1, -0.05) is 70.2 Å². The van der Waals surface area contributed by atoms with Crippen molar-refractivity contribution in [2.24, 2.45) is 5.92 Å². The lowest BCUT2D eigenvalue weighted by atomic mass is 9.87. The zero-order valence-electron chi connectivity index (χ0n) is 13.4. The highest BCUT2D eigenvalue weighted by Gasteiger charge is 2.12. The molecule has 0 heterocycles. The molecule has 0 spiro atoms. The highest BCUT2D eigenvalue weighted by molar-refractivity contribution is 5.72. The first-order valence-electron chi connectivity index (χ1n) is 7.68. The van der Waals surface area contributed by atoms with Crippen molar-refractivity contribution in [3.8, 4) is 11.1 Å². The Morgan fingerprint density at radius 2 is 1.45 bits per heavy atom. The molecule has 0 aliphatic carbocycles. The zero-order chi connectivity index (χ0) is 14.7. The molecule has 0 N–H and O–H groups in total. The number of hydrogen-bond donors (Lipinski definition) is 0. The lowest BCUT2D eigenvalue weighted by Gasteiger charge is -2.17. The second-order valence-electron chi connectivity index (χ2n) is 6.43. The molecular weight excluding hydrogens is 240 g/mol. The minimum Gasteiger partial charge on any atom is -0.0625 e. The Morgan fingerprint density at radius 3 is 2.10 bits per heavy atom. The van der Waals surface area contributed by atoms with E-state index in [2.05, 4.69) is 77.1 Å². The van der Waals surface area contributed by atoms with E-state index in [9.17, 15) is 0 Å². The normalized spacial score (nSPS) is 11.3. The molecule has 0 aromatic heterocycles. The van der Waals surface area contributed by atoms with Gasteiger partial charge in [0.1, 0.15) is 0 Å². The molecule has 0 fully saturated rings. The quantitative estimate of drug-likeness (QED) is 0.638. The van der Waals surface area contributed by atoms with Gasteiger partial charge < -0.3 is 0 Å². The number of hydrogen-bond acceptors (Lipinski definition) is 0. The molecule has 0 radical (unpaired) electrons. The molecule has 2 aromatic rings. The van der Waals surface area contributed by atoms with Gasteiger partial charge in [-0.15, -0.1) is 0 Å². The third-order valence-corrected chi connectivity index (χ3v) is 3.95. The minimum atomic E-state index is 0.555. The SMILES string of the molecule is Cc1c(CC(C)C)cccc1-c1ccccc1C(C)C. The Morgan fingerprint density at radius 1 is 0.800 bits per heavy atom. The maximum Gasteiger partial charge on any atom is -0.0147 e. The van der Waals surface area contributed by atoms with E-state index in [4.69, 9.17) is 0 Å². The van der Waals surface area contributed by atoms with Gasteiger partial charge in [0.15, 0.2) is 0 Å². The molecule has 0 heteroatoms. The summed E-state index contributed by atoms with van der Waals surface area (Å²) in [6, 6.07) is 15.6. The van der Waals surface area contributed by atoms with Crippen molar-refractivity contribution in [1.29, 1.82) is 0 Å². The molecule has 0 unspecified atom stereocenters. The van der Waals surface area contributed by atoms with E-state index in [0.29, 0.717) is 11.8 Å².